The van der Waals surface area contributed by atoms with Crippen LogP contribution >= 0.6 is 0 Å². The third-order valence-electron chi connectivity index (χ3n) is 15.5. The Labute approximate surface area is 499 Å². The Morgan fingerprint density at radius 1 is 0.357 bits per heavy atom. The van der Waals surface area contributed by atoms with E-state index in [-0.39, 0.29) is 5.70 Å². The highest BCUT2D eigenvalue weighted by Crippen LogP contribution is 2.49. The van der Waals surface area contributed by atoms with Crippen LogP contribution in [0.25, 0.3) is 43.8 Å². The normalized spacial score (nSPS) is 11.3. The van der Waals surface area contributed by atoms with Gasteiger partial charge >= 0.3 is 5.97 Å². The molecule has 0 unspecified atom stereocenters. The van der Waals surface area contributed by atoms with Crippen molar-refractivity contribution in [1.82, 2.24) is 0 Å². The number of hydrogen-bond donors (Lipinski definition) is 0. The number of benzene rings is 8. The smallest absolute Gasteiger partial charge is 0.336 e. The molecule has 8 aromatic carbocycles. The fraction of sp³-hybridized carbons (Fsp3) is 0.307. The Morgan fingerprint density at radius 3 is 0.917 bits per heavy atom. The average molecular weight is 1120 g/mol. The fourth-order valence-corrected chi connectivity index (χ4v) is 10.8. The quantitative estimate of drug-likeness (QED) is 0.0184. The summed E-state index contributed by atoms with van der Waals surface area (Å²) in [6, 6.07) is 63.0. The van der Waals surface area contributed by atoms with Crippen molar-refractivity contribution >= 4 is 45.7 Å². The Balaban J connectivity index is 0.997. The molecule has 9 heteroatoms. The number of hydrogen-bond acceptors (Lipinski definition) is 8. The third kappa shape index (κ3) is 15.1. The molecule has 432 valence electrons. The van der Waals surface area contributed by atoms with E-state index in [1.807, 2.05) is 24.3 Å². The maximum Gasteiger partial charge on any atom is 0.336 e. The zero-order valence-corrected chi connectivity index (χ0v) is 49.8. The predicted octanol–water partition coefficient (Wildman–Crippen LogP) is 20.8. The van der Waals surface area contributed by atoms with Crippen molar-refractivity contribution in [2.75, 3.05) is 43.3 Å². The number of esters is 1. The van der Waals surface area contributed by atoms with Crippen molar-refractivity contribution in [2.45, 2.75) is 118 Å². The van der Waals surface area contributed by atoms with Crippen molar-refractivity contribution in [2.24, 2.45) is 0 Å². The van der Waals surface area contributed by atoms with Gasteiger partial charge in [-0.25, -0.2) is 4.85 Å². The molecule has 0 aliphatic heterocycles. The van der Waals surface area contributed by atoms with Gasteiger partial charge < -0.3 is 33.5 Å². The van der Waals surface area contributed by atoms with Crippen LogP contribution in [0.5, 0.6) is 23.0 Å². The van der Waals surface area contributed by atoms with Crippen molar-refractivity contribution in [1.29, 1.82) is 0 Å². The summed E-state index contributed by atoms with van der Waals surface area (Å²) in [6.45, 7) is 20.0. The SMILES string of the molecule is [C-]#[N+]C(C(=O)OC)=C1c2cc(-c3ccc(N(c4ccc(OCCCCC)cc4)c4ccc(OCCCCCC)cc4)cc3)ccc2-c2ccc(-c3ccc(N(c4ccc(OCCCCC)cc4)c4ccc(OCCCCCC)cc4)cc3)cc21. The number of nitrogens with zero attached hydrogens (tertiary/aromatic N) is 3. The van der Waals surface area contributed by atoms with E-state index in [1.165, 1.54) is 45.6 Å². The molecular weight excluding hydrogens is 1040 g/mol. The van der Waals surface area contributed by atoms with Crippen molar-refractivity contribution in [3.05, 3.63) is 210 Å². The topological polar surface area (TPSA) is 74.1 Å². The first-order valence-electron chi connectivity index (χ1n) is 30.6. The van der Waals surface area contributed by atoms with E-state index in [0.29, 0.717) is 32.0 Å². The number of carbonyl (C=O) groups is 1. The second-order valence-corrected chi connectivity index (χ2v) is 21.5. The van der Waals surface area contributed by atoms with Gasteiger partial charge in [0.2, 0.25) is 0 Å². The maximum atomic E-state index is 13.6. The predicted molar refractivity (Wildman–Crippen MR) is 346 cm³/mol. The summed E-state index contributed by atoms with van der Waals surface area (Å²) in [5.74, 6) is 2.74. The molecule has 0 spiro atoms. The van der Waals surface area contributed by atoms with Crippen LogP contribution in [0.2, 0.25) is 0 Å². The molecule has 1 aliphatic rings. The second kappa shape index (κ2) is 30.5. The van der Waals surface area contributed by atoms with Gasteiger partial charge in [-0.1, -0.05) is 140 Å². The van der Waals surface area contributed by atoms with Crippen LogP contribution in [0.3, 0.4) is 0 Å². The van der Waals surface area contributed by atoms with Gasteiger partial charge in [-0.05, 0) is 204 Å². The Bertz CT molecular complexity index is 3230. The largest absolute Gasteiger partial charge is 0.494 e. The van der Waals surface area contributed by atoms with E-state index in [0.717, 1.165) is 153 Å². The lowest BCUT2D eigenvalue weighted by atomic mass is 9.95. The van der Waals surface area contributed by atoms with E-state index in [4.69, 9.17) is 30.3 Å². The summed E-state index contributed by atoms with van der Waals surface area (Å²) in [5, 5.41) is 0. The molecule has 84 heavy (non-hydrogen) atoms. The highest BCUT2D eigenvalue weighted by Gasteiger charge is 2.31. The van der Waals surface area contributed by atoms with Crippen LogP contribution in [-0.4, -0.2) is 39.5 Å². The minimum absolute atomic E-state index is 0.0561. The molecule has 0 aromatic heterocycles. The Hall–Kier alpha value is -8.74. The molecule has 9 rings (SSSR count). The minimum Gasteiger partial charge on any atom is -0.494 e. The lowest BCUT2D eigenvalue weighted by Gasteiger charge is -2.26. The lowest BCUT2D eigenvalue weighted by molar-refractivity contribution is -0.135. The highest BCUT2D eigenvalue weighted by molar-refractivity contribution is 6.12. The number of carbonyl (C=O) groups excluding carboxylic acids is 1. The number of ether oxygens (including phenoxy) is 5. The first kappa shape index (κ1) is 59.9. The molecule has 1 aliphatic carbocycles. The van der Waals surface area contributed by atoms with E-state index >= 15 is 0 Å². The summed E-state index contributed by atoms with van der Waals surface area (Å²) < 4.78 is 29.8. The first-order valence-corrected chi connectivity index (χ1v) is 30.6. The lowest BCUT2D eigenvalue weighted by Crippen LogP contribution is -2.10. The molecule has 0 radical (unpaired) electrons. The van der Waals surface area contributed by atoms with Crippen molar-refractivity contribution in [3.63, 3.8) is 0 Å². The molecule has 0 saturated heterocycles. The van der Waals surface area contributed by atoms with Crippen LogP contribution < -0.4 is 28.7 Å². The molecule has 9 nitrogen and oxygen atoms in total. The van der Waals surface area contributed by atoms with Crippen LogP contribution in [-0.2, 0) is 9.53 Å². The van der Waals surface area contributed by atoms with Crippen LogP contribution in [0.1, 0.15) is 129 Å². The molecule has 8 aromatic rings. The third-order valence-corrected chi connectivity index (χ3v) is 15.5. The van der Waals surface area contributed by atoms with Gasteiger partial charge in [-0.3, -0.25) is 4.79 Å². The molecule has 0 saturated carbocycles. The van der Waals surface area contributed by atoms with E-state index < -0.39 is 5.97 Å². The number of fused-ring (bicyclic) bond motifs is 3. The van der Waals surface area contributed by atoms with Crippen LogP contribution in [0, 0.1) is 6.57 Å². The van der Waals surface area contributed by atoms with Gasteiger partial charge in [0, 0.05) is 39.7 Å². The standard InChI is InChI=1S/C75H81N3O6/c1-7-11-15-19-51-83-67-43-35-63(36-44-67)77(61-31-39-65(40-32-61)81-49-17-13-9-3)59-27-21-55(22-28-59)57-25-47-69-70-48-26-58(54-72(70)73(71(69)53-57)74(76-5)75(79)80-6)56-23-29-60(30-24-56)78(62-33-41-66(42-34-62)82-50-18-14-10-4)64-37-45-68(46-38-64)84-52-20-16-12-8-2/h21-48,53-54H,7-20,49-52H2,1-4,6H3. The second-order valence-electron chi connectivity index (χ2n) is 21.5. The summed E-state index contributed by atoms with van der Waals surface area (Å²) in [7, 11) is 1.33. The fourth-order valence-electron chi connectivity index (χ4n) is 10.8. The number of methoxy groups -OCH3 is 1. The highest BCUT2D eigenvalue weighted by atomic mass is 16.5. The molecule has 0 fully saturated rings. The molecule has 0 heterocycles. The molecule has 0 N–H and O–H groups in total. The Kier molecular flexibility index (Phi) is 21.8. The average Bonchev–Trinajstić information content (AvgIpc) is 2.51. The van der Waals surface area contributed by atoms with Crippen molar-refractivity contribution < 1.29 is 28.5 Å². The zero-order chi connectivity index (χ0) is 58.5. The number of anilines is 6. The van der Waals surface area contributed by atoms with Gasteiger partial charge in [0.25, 0.3) is 5.70 Å². The zero-order valence-electron chi connectivity index (χ0n) is 49.8. The van der Waals surface area contributed by atoms with Gasteiger partial charge in [0.15, 0.2) is 0 Å². The van der Waals surface area contributed by atoms with Gasteiger partial charge in [0.1, 0.15) is 23.0 Å². The minimum atomic E-state index is -0.672. The number of unbranched alkanes of at least 4 members (excludes halogenated alkanes) is 10. The van der Waals surface area contributed by atoms with E-state index in [2.05, 4.69) is 200 Å². The Morgan fingerprint density at radius 2 is 0.631 bits per heavy atom. The van der Waals surface area contributed by atoms with Gasteiger partial charge in [0.05, 0.1) is 40.1 Å². The first-order chi connectivity index (χ1) is 41.3. The summed E-state index contributed by atoms with van der Waals surface area (Å²) in [4.78, 5) is 21.9. The number of rotatable bonds is 31. The van der Waals surface area contributed by atoms with Crippen LogP contribution in [0.15, 0.2) is 188 Å². The van der Waals surface area contributed by atoms with E-state index in [9.17, 15) is 4.79 Å². The van der Waals surface area contributed by atoms with Crippen molar-refractivity contribution in [3.8, 4) is 56.4 Å². The molecule has 0 bridgehead atoms. The van der Waals surface area contributed by atoms with Gasteiger partial charge in [-0.2, -0.15) is 0 Å². The molecule has 0 amide bonds. The summed E-state index contributed by atoms with van der Waals surface area (Å²) in [6.07, 6.45) is 15.9. The molecular formula is C75H81N3O6. The monoisotopic (exact) mass is 1120 g/mol. The summed E-state index contributed by atoms with van der Waals surface area (Å²) >= 11 is 0. The van der Waals surface area contributed by atoms with Gasteiger partial charge in [-0.15, -0.1) is 0 Å². The van der Waals surface area contributed by atoms with E-state index in [1.54, 1.807) is 0 Å². The van der Waals surface area contributed by atoms with Crippen LogP contribution in [0.4, 0.5) is 34.1 Å². The maximum absolute atomic E-state index is 13.6. The summed E-state index contributed by atoms with van der Waals surface area (Å²) in [5.41, 5.74) is 13.9. The molecule has 0 atom stereocenters.